The molecule has 64 valence electrons. The van der Waals surface area contributed by atoms with E-state index in [1.54, 1.807) is 18.2 Å². The van der Waals surface area contributed by atoms with E-state index in [1.807, 2.05) is 0 Å². The highest BCUT2D eigenvalue weighted by Gasteiger charge is 2.00. The molecular formula is C10H6FNO. The van der Waals surface area contributed by atoms with Gasteiger partial charge in [0.1, 0.15) is 12.1 Å². The normalized spacial score (nSPS) is 10.2. The minimum absolute atomic E-state index is 0.317. The number of hydrogen-bond acceptors (Lipinski definition) is 2. The SMILES string of the molecule is O=Cc1ccc2c(F)ccnc2c1. The molecule has 0 amide bonds. The largest absolute Gasteiger partial charge is 0.298 e. The Morgan fingerprint density at radius 2 is 2.15 bits per heavy atom. The number of pyridine rings is 1. The number of carbonyl (C=O) groups is 1. The van der Waals surface area contributed by atoms with Crippen molar-refractivity contribution in [1.29, 1.82) is 0 Å². The number of nitrogens with zero attached hydrogens (tertiary/aromatic N) is 1. The topological polar surface area (TPSA) is 30.0 Å². The smallest absolute Gasteiger partial charge is 0.150 e. The van der Waals surface area contributed by atoms with Crippen LogP contribution in [-0.4, -0.2) is 11.3 Å². The maximum Gasteiger partial charge on any atom is 0.150 e. The molecule has 2 nitrogen and oxygen atoms in total. The minimum atomic E-state index is -0.317. The summed E-state index contributed by atoms with van der Waals surface area (Å²) in [5, 5.41) is 0.438. The Morgan fingerprint density at radius 1 is 1.31 bits per heavy atom. The van der Waals surface area contributed by atoms with Gasteiger partial charge in [0.25, 0.3) is 0 Å². The van der Waals surface area contributed by atoms with Gasteiger partial charge in [0.15, 0.2) is 0 Å². The second-order valence-electron chi connectivity index (χ2n) is 2.69. The molecule has 0 bridgehead atoms. The van der Waals surface area contributed by atoms with Gasteiger partial charge in [0.05, 0.1) is 5.52 Å². The van der Waals surface area contributed by atoms with Gasteiger partial charge in [-0.2, -0.15) is 0 Å². The number of carbonyl (C=O) groups excluding carboxylic acids is 1. The number of fused-ring (bicyclic) bond motifs is 1. The van der Waals surface area contributed by atoms with Crippen LogP contribution in [0.25, 0.3) is 10.9 Å². The average molecular weight is 175 g/mol. The van der Waals surface area contributed by atoms with Crippen LogP contribution in [0.5, 0.6) is 0 Å². The molecule has 3 heteroatoms. The lowest BCUT2D eigenvalue weighted by Gasteiger charge is -1.97. The molecule has 0 saturated heterocycles. The van der Waals surface area contributed by atoms with Crippen molar-refractivity contribution in [2.24, 2.45) is 0 Å². The number of aromatic nitrogens is 1. The molecule has 13 heavy (non-hydrogen) atoms. The molecule has 0 atom stereocenters. The number of aldehydes is 1. The van der Waals surface area contributed by atoms with Crippen LogP contribution < -0.4 is 0 Å². The van der Waals surface area contributed by atoms with Crippen LogP contribution >= 0.6 is 0 Å². The summed E-state index contributed by atoms with van der Waals surface area (Å²) in [6, 6.07) is 5.98. The van der Waals surface area contributed by atoms with Gasteiger partial charge in [0.2, 0.25) is 0 Å². The van der Waals surface area contributed by atoms with Crippen LogP contribution in [0, 0.1) is 5.82 Å². The second kappa shape index (κ2) is 2.94. The van der Waals surface area contributed by atoms with Crippen molar-refractivity contribution in [3.8, 4) is 0 Å². The molecule has 2 rings (SSSR count). The van der Waals surface area contributed by atoms with Crippen LogP contribution in [0.1, 0.15) is 10.4 Å². The van der Waals surface area contributed by atoms with Gasteiger partial charge in [0, 0.05) is 17.1 Å². The summed E-state index contributed by atoms with van der Waals surface area (Å²) in [5.74, 6) is -0.317. The number of benzene rings is 1. The molecule has 0 aliphatic rings. The van der Waals surface area contributed by atoms with Gasteiger partial charge in [-0.3, -0.25) is 9.78 Å². The Bertz CT molecular complexity index is 467. The third-order valence-corrected chi connectivity index (χ3v) is 1.85. The zero-order valence-corrected chi connectivity index (χ0v) is 6.70. The van der Waals surface area contributed by atoms with Crippen molar-refractivity contribution in [2.75, 3.05) is 0 Å². The van der Waals surface area contributed by atoms with E-state index in [9.17, 15) is 9.18 Å². The molecule has 1 aromatic carbocycles. The lowest BCUT2D eigenvalue weighted by atomic mass is 10.1. The average Bonchev–Trinajstić information content (AvgIpc) is 2.18. The second-order valence-corrected chi connectivity index (χ2v) is 2.69. The van der Waals surface area contributed by atoms with E-state index >= 15 is 0 Å². The molecule has 2 aromatic rings. The molecule has 0 radical (unpaired) electrons. The third kappa shape index (κ3) is 1.28. The molecule has 0 fully saturated rings. The maximum absolute atomic E-state index is 13.1. The van der Waals surface area contributed by atoms with Crippen molar-refractivity contribution in [3.63, 3.8) is 0 Å². The summed E-state index contributed by atoms with van der Waals surface area (Å²) in [6.45, 7) is 0. The van der Waals surface area contributed by atoms with Crippen LogP contribution in [0.3, 0.4) is 0 Å². The first-order valence-corrected chi connectivity index (χ1v) is 3.81. The highest BCUT2D eigenvalue weighted by atomic mass is 19.1. The number of halogens is 1. The molecular weight excluding hydrogens is 169 g/mol. The predicted octanol–water partition coefficient (Wildman–Crippen LogP) is 2.19. The molecule has 0 aliphatic heterocycles. The summed E-state index contributed by atoms with van der Waals surface area (Å²) >= 11 is 0. The molecule has 0 aliphatic carbocycles. The molecule has 0 unspecified atom stereocenters. The van der Waals surface area contributed by atoms with Crippen molar-refractivity contribution < 1.29 is 9.18 Å². The summed E-state index contributed by atoms with van der Waals surface area (Å²) in [4.78, 5) is 14.4. The van der Waals surface area contributed by atoms with Crippen molar-refractivity contribution in [3.05, 3.63) is 41.8 Å². The zero-order chi connectivity index (χ0) is 9.26. The Labute approximate surface area is 74.0 Å². The molecule has 1 heterocycles. The first-order chi connectivity index (χ1) is 6.31. The Balaban J connectivity index is 2.79. The van der Waals surface area contributed by atoms with E-state index in [2.05, 4.69) is 4.98 Å². The summed E-state index contributed by atoms with van der Waals surface area (Å²) in [7, 11) is 0. The van der Waals surface area contributed by atoms with Gasteiger partial charge >= 0.3 is 0 Å². The van der Waals surface area contributed by atoms with Crippen molar-refractivity contribution in [2.45, 2.75) is 0 Å². The van der Waals surface area contributed by atoms with Gasteiger partial charge in [-0.05, 0) is 18.2 Å². The molecule has 0 saturated carbocycles. The highest BCUT2D eigenvalue weighted by molar-refractivity contribution is 5.86. The van der Waals surface area contributed by atoms with E-state index in [0.717, 1.165) is 0 Å². The standard InChI is InChI=1S/C10H6FNO/c11-9-3-4-12-10-5-7(6-13)1-2-8(9)10/h1-6H. The van der Waals surface area contributed by atoms with Gasteiger partial charge in [-0.15, -0.1) is 0 Å². The first-order valence-electron chi connectivity index (χ1n) is 3.81. The highest BCUT2D eigenvalue weighted by Crippen LogP contribution is 2.15. The predicted molar refractivity (Wildman–Crippen MR) is 47.1 cm³/mol. The van der Waals surface area contributed by atoms with Crippen LogP contribution in [0.4, 0.5) is 4.39 Å². The monoisotopic (exact) mass is 175 g/mol. The summed E-state index contributed by atoms with van der Waals surface area (Å²) < 4.78 is 13.1. The quantitative estimate of drug-likeness (QED) is 0.622. The summed E-state index contributed by atoms with van der Waals surface area (Å²) in [6.07, 6.45) is 2.10. The van der Waals surface area contributed by atoms with Gasteiger partial charge in [-0.1, -0.05) is 6.07 Å². The van der Waals surface area contributed by atoms with E-state index in [4.69, 9.17) is 0 Å². The number of rotatable bonds is 1. The first kappa shape index (κ1) is 7.86. The van der Waals surface area contributed by atoms with Crippen LogP contribution in [-0.2, 0) is 0 Å². The molecule has 1 aromatic heterocycles. The molecule has 0 N–H and O–H groups in total. The van der Waals surface area contributed by atoms with Crippen molar-refractivity contribution in [1.82, 2.24) is 4.98 Å². The number of hydrogen-bond donors (Lipinski definition) is 0. The fourth-order valence-electron chi connectivity index (χ4n) is 1.20. The maximum atomic E-state index is 13.1. The van der Waals surface area contributed by atoms with Crippen LogP contribution in [0.2, 0.25) is 0 Å². The Hall–Kier alpha value is -1.77. The fraction of sp³-hybridized carbons (Fsp3) is 0. The lowest BCUT2D eigenvalue weighted by Crippen LogP contribution is -1.85. The minimum Gasteiger partial charge on any atom is -0.298 e. The molecule has 0 spiro atoms. The van der Waals surface area contributed by atoms with E-state index in [-0.39, 0.29) is 5.82 Å². The van der Waals surface area contributed by atoms with Crippen molar-refractivity contribution >= 4 is 17.2 Å². The fourth-order valence-corrected chi connectivity index (χ4v) is 1.20. The van der Waals surface area contributed by atoms with Crippen LogP contribution in [0.15, 0.2) is 30.5 Å². The van der Waals surface area contributed by atoms with E-state index < -0.39 is 0 Å². The third-order valence-electron chi connectivity index (χ3n) is 1.85. The van der Waals surface area contributed by atoms with E-state index in [1.165, 1.54) is 12.3 Å². The lowest BCUT2D eigenvalue weighted by molar-refractivity contribution is 0.112. The Kier molecular flexibility index (Phi) is 1.77. The Morgan fingerprint density at radius 3 is 2.92 bits per heavy atom. The van der Waals surface area contributed by atoms with Gasteiger partial charge < -0.3 is 0 Å². The summed E-state index contributed by atoms with van der Waals surface area (Å²) in [5.41, 5.74) is 1.01. The zero-order valence-electron chi connectivity index (χ0n) is 6.70. The van der Waals surface area contributed by atoms with Gasteiger partial charge in [-0.25, -0.2) is 4.39 Å². The van der Waals surface area contributed by atoms with E-state index in [0.29, 0.717) is 22.8 Å².